The Morgan fingerprint density at radius 1 is 1.00 bits per heavy atom. The topological polar surface area (TPSA) is 57.2 Å². The predicted molar refractivity (Wildman–Crippen MR) is 78.1 cm³/mol. The Hall–Kier alpha value is -1.49. The molecule has 0 amide bonds. The summed E-state index contributed by atoms with van der Waals surface area (Å²) in [6, 6.07) is 12.0. The fourth-order valence-electron chi connectivity index (χ4n) is 1.57. The molecule has 104 valence electrons. The quantitative estimate of drug-likeness (QED) is 0.814. The average molecular weight is 328 g/mol. The third-order valence-electron chi connectivity index (χ3n) is 2.49. The molecule has 2 rings (SSSR count). The van der Waals surface area contributed by atoms with Gasteiger partial charge in [0, 0.05) is 15.5 Å². The Balaban J connectivity index is 2.46. The van der Waals surface area contributed by atoms with Crippen LogP contribution in [0.2, 0.25) is 10.0 Å². The summed E-state index contributed by atoms with van der Waals surface area (Å²) in [6.45, 7) is 0. The van der Waals surface area contributed by atoms with Gasteiger partial charge >= 0.3 is 0 Å². The van der Waals surface area contributed by atoms with E-state index in [0.29, 0.717) is 11.0 Å². The van der Waals surface area contributed by atoms with E-state index in [2.05, 4.69) is 0 Å². The van der Waals surface area contributed by atoms with Gasteiger partial charge in [-0.3, -0.25) is 0 Å². The van der Waals surface area contributed by atoms with Crippen LogP contribution in [0.15, 0.2) is 58.8 Å². The number of sulfone groups is 1. The van der Waals surface area contributed by atoms with Gasteiger partial charge in [-0.25, -0.2) is 8.42 Å². The van der Waals surface area contributed by atoms with E-state index in [0.717, 1.165) is 0 Å². The second-order valence-corrected chi connectivity index (χ2v) is 6.67. The van der Waals surface area contributed by atoms with Crippen molar-refractivity contribution in [1.82, 2.24) is 0 Å². The molecule has 2 aromatic carbocycles. The number of hydrogen-bond donors (Lipinski definition) is 0. The first-order valence-electron chi connectivity index (χ1n) is 5.54. The number of hydrogen-bond acceptors (Lipinski definition) is 3. The van der Waals surface area contributed by atoms with Gasteiger partial charge in [0.1, 0.15) is 0 Å². The van der Waals surface area contributed by atoms with Crippen LogP contribution in [0, 0.1) is 0 Å². The lowest BCUT2D eigenvalue weighted by atomic mass is 10.2. The summed E-state index contributed by atoms with van der Waals surface area (Å²) in [4.78, 5) is -0.112. The highest BCUT2D eigenvalue weighted by Crippen LogP contribution is 2.24. The minimum Gasteiger partial charge on any atom is -0.872 e. The number of rotatable bonds is 3. The first-order valence-corrected chi connectivity index (χ1v) is 7.84. The summed E-state index contributed by atoms with van der Waals surface area (Å²) in [6.07, 6.45) is 0. The van der Waals surface area contributed by atoms with E-state index in [1.54, 1.807) is 30.3 Å². The van der Waals surface area contributed by atoms with Crippen LogP contribution in [0.5, 0.6) is 0 Å². The molecule has 0 saturated carbocycles. The van der Waals surface area contributed by atoms with Crippen molar-refractivity contribution in [1.29, 1.82) is 0 Å². The van der Waals surface area contributed by atoms with E-state index < -0.39 is 15.6 Å². The van der Waals surface area contributed by atoms with E-state index >= 15 is 0 Å². The van der Waals surface area contributed by atoms with Crippen molar-refractivity contribution in [3.8, 4) is 0 Å². The summed E-state index contributed by atoms with van der Waals surface area (Å²) >= 11 is 11.5. The molecule has 0 aromatic heterocycles. The molecule has 0 radical (unpaired) electrons. The highest BCUT2D eigenvalue weighted by Gasteiger charge is 2.12. The second-order valence-electron chi connectivity index (χ2n) is 4.00. The molecule has 0 aliphatic rings. The van der Waals surface area contributed by atoms with Crippen LogP contribution in [0.1, 0.15) is 5.56 Å². The van der Waals surface area contributed by atoms with Crippen LogP contribution in [0.3, 0.4) is 0 Å². The Bertz CT molecular complexity index is 733. The molecule has 2 aromatic rings. The van der Waals surface area contributed by atoms with Gasteiger partial charge in [-0.1, -0.05) is 59.3 Å². The summed E-state index contributed by atoms with van der Waals surface area (Å²) in [5.74, 6) is -0.596. The Labute approximate surface area is 127 Å². The zero-order valence-corrected chi connectivity index (χ0v) is 12.4. The predicted octanol–water partition coefficient (Wildman–Crippen LogP) is 3.13. The molecule has 0 fully saturated rings. The summed E-state index contributed by atoms with van der Waals surface area (Å²) < 4.78 is 24.3. The maximum absolute atomic E-state index is 12.1. The number of halogens is 2. The van der Waals surface area contributed by atoms with Crippen LogP contribution in [-0.4, -0.2) is 8.42 Å². The van der Waals surface area contributed by atoms with E-state index in [4.69, 9.17) is 23.2 Å². The average Bonchev–Trinajstić information content (AvgIpc) is 2.38. The van der Waals surface area contributed by atoms with E-state index in [9.17, 15) is 13.5 Å². The highest BCUT2D eigenvalue weighted by atomic mass is 35.5. The first kappa shape index (κ1) is 14.9. The fourth-order valence-corrected chi connectivity index (χ4v) is 3.36. The van der Waals surface area contributed by atoms with Gasteiger partial charge in [-0.05, 0) is 23.8 Å². The van der Waals surface area contributed by atoms with Crippen molar-refractivity contribution in [2.45, 2.75) is 4.90 Å². The zero-order valence-electron chi connectivity index (χ0n) is 10.1. The normalized spacial score (nSPS) is 12.4. The van der Waals surface area contributed by atoms with Crippen LogP contribution in [0.4, 0.5) is 0 Å². The standard InChI is InChI=1S/C14H10Cl2O3S/c15-11-6-12(16)8-13(7-11)20(18,19)9-14(17)10-4-2-1-3-5-10/h1-9,17H/p-1/b14-9-. The van der Waals surface area contributed by atoms with Gasteiger partial charge < -0.3 is 5.11 Å². The van der Waals surface area contributed by atoms with Crippen molar-refractivity contribution in [3.63, 3.8) is 0 Å². The van der Waals surface area contributed by atoms with Crippen molar-refractivity contribution >= 4 is 38.8 Å². The molecule has 0 aliphatic carbocycles. The monoisotopic (exact) mass is 327 g/mol. The molecule has 0 spiro atoms. The highest BCUT2D eigenvalue weighted by molar-refractivity contribution is 7.94. The lowest BCUT2D eigenvalue weighted by Gasteiger charge is -2.12. The number of benzene rings is 2. The van der Waals surface area contributed by atoms with E-state index in [1.807, 2.05) is 0 Å². The van der Waals surface area contributed by atoms with Crippen molar-refractivity contribution in [3.05, 3.63) is 69.5 Å². The molecule has 0 unspecified atom stereocenters. The minimum absolute atomic E-state index is 0.112. The van der Waals surface area contributed by atoms with Crippen molar-refractivity contribution < 1.29 is 13.5 Å². The van der Waals surface area contributed by atoms with Gasteiger partial charge in [0.15, 0.2) is 9.84 Å². The first-order chi connectivity index (χ1) is 9.38. The lowest BCUT2D eigenvalue weighted by Crippen LogP contribution is -2.06. The molecule has 0 N–H and O–H groups in total. The van der Waals surface area contributed by atoms with E-state index in [-0.39, 0.29) is 14.9 Å². The summed E-state index contributed by atoms with van der Waals surface area (Å²) in [7, 11) is -3.90. The molecule has 3 nitrogen and oxygen atoms in total. The van der Waals surface area contributed by atoms with E-state index in [1.165, 1.54) is 18.2 Å². The molecule has 0 atom stereocenters. The lowest BCUT2D eigenvalue weighted by molar-refractivity contribution is -0.243. The minimum atomic E-state index is -3.90. The third kappa shape index (κ3) is 3.54. The van der Waals surface area contributed by atoms with Gasteiger partial charge in [-0.15, -0.1) is 0 Å². The van der Waals surface area contributed by atoms with Crippen LogP contribution >= 0.6 is 23.2 Å². The second kappa shape index (κ2) is 5.87. The molecule has 20 heavy (non-hydrogen) atoms. The maximum Gasteiger partial charge on any atom is 0.199 e. The summed E-state index contributed by atoms with van der Waals surface area (Å²) in [5.41, 5.74) is 0.296. The van der Waals surface area contributed by atoms with Gasteiger partial charge in [0.2, 0.25) is 0 Å². The molecule has 0 saturated heterocycles. The largest absolute Gasteiger partial charge is 0.872 e. The zero-order chi connectivity index (χ0) is 14.8. The van der Waals surface area contributed by atoms with Crippen LogP contribution in [-0.2, 0) is 9.84 Å². The molecule has 0 heterocycles. The summed E-state index contributed by atoms with van der Waals surface area (Å²) in [5, 5.41) is 13.0. The Morgan fingerprint density at radius 2 is 1.55 bits per heavy atom. The molecular formula is C14H9Cl2O3S-. The van der Waals surface area contributed by atoms with Gasteiger partial charge in [0.05, 0.1) is 4.90 Å². The van der Waals surface area contributed by atoms with Gasteiger partial charge in [0.25, 0.3) is 0 Å². The smallest absolute Gasteiger partial charge is 0.199 e. The molecular weight excluding hydrogens is 319 g/mol. The molecule has 0 aliphatic heterocycles. The van der Waals surface area contributed by atoms with Crippen LogP contribution in [0.25, 0.3) is 5.76 Å². The van der Waals surface area contributed by atoms with Crippen molar-refractivity contribution in [2.24, 2.45) is 0 Å². The SMILES string of the molecule is O=S(=O)(/C=C(\[O-])c1ccccc1)c1cc(Cl)cc(Cl)c1. The maximum atomic E-state index is 12.1. The Morgan fingerprint density at radius 3 is 2.10 bits per heavy atom. The molecule has 6 heteroatoms. The van der Waals surface area contributed by atoms with Crippen molar-refractivity contribution in [2.75, 3.05) is 0 Å². The van der Waals surface area contributed by atoms with Crippen LogP contribution < -0.4 is 5.11 Å². The Kier molecular flexibility index (Phi) is 4.38. The molecule has 0 bridgehead atoms. The third-order valence-corrected chi connectivity index (χ3v) is 4.34. The van der Waals surface area contributed by atoms with Gasteiger partial charge in [-0.2, -0.15) is 0 Å². The fraction of sp³-hybridized carbons (Fsp3) is 0.